The summed E-state index contributed by atoms with van der Waals surface area (Å²) in [6, 6.07) is 13.8. The number of carbonyl (C=O) groups is 2. The largest absolute Gasteiger partial charge is 0.478 e. The second-order valence-corrected chi connectivity index (χ2v) is 8.51. The molecule has 2 heterocycles. The van der Waals surface area contributed by atoms with Crippen LogP contribution in [0, 0.1) is 17.0 Å². The Bertz CT molecular complexity index is 1310. The molecule has 8 nitrogen and oxygen atoms in total. The van der Waals surface area contributed by atoms with E-state index in [4.69, 9.17) is 16.6 Å². The lowest BCUT2D eigenvalue weighted by atomic mass is 10.1. The zero-order chi connectivity index (χ0) is 23.0. The van der Waals surface area contributed by atoms with Crippen molar-refractivity contribution in [1.29, 1.82) is 0 Å². The number of aromatic carboxylic acids is 1. The Kier molecular flexibility index (Phi) is 5.64. The van der Waals surface area contributed by atoms with Crippen LogP contribution < -0.4 is 4.90 Å². The number of carbonyl (C=O) groups excluding carboxylic acids is 1. The Hall–Kier alpha value is -3.76. The van der Waals surface area contributed by atoms with Crippen molar-refractivity contribution in [2.75, 3.05) is 4.90 Å². The zero-order valence-corrected chi connectivity index (χ0v) is 18.1. The van der Waals surface area contributed by atoms with Crippen LogP contribution in [0.2, 0.25) is 0 Å². The summed E-state index contributed by atoms with van der Waals surface area (Å²) < 4.78 is 6.07. The Morgan fingerprint density at radius 3 is 2.56 bits per heavy atom. The highest BCUT2D eigenvalue weighted by Crippen LogP contribution is 2.38. The van der Waals surface area contributed by atoms with E-state index < -0.39 is 10.9 Å². The van der Waals surface area contributed by atoms with Crippen LogP contribution in [0.4, 0.5) is 11.4 Å². The molecule has 0 atom stereocenters. The maximum absolute atomic E-state index is 13.0. The molecule has 4 rings (SSSR count). The second kappa shape index (κ2) is 8.40. The first-order chi connectivity index (χ1) is 15.2. The van der Waals surface area contributed by atoms with Crippen molar-refractivity contribution in [3.05, 3.63) is 86.5 Å². The van der Waals surface area contributed by atoms with E-state index in [-0.39, 0.29) is 21.5 Å². The third-order valence-electron chi connectivity index (χ3n) is 4.75. The molecule has 0 unspecified atom stereocenters. The van der Waals surface area contributed by atoms with Gasteiger partial charge in [0, 0.05) is 23.8 Å². The molecule has 0 saturated carbocycles. The second-order valence-electron chi connectivity index (χ2n) is 6.83. The number of carboxylic acids is 1. The van der Waals surface area contributed by atoms with Crippen molar-refractivity contribution < 1.29 is 24.0 Å². The summed E-state index contributed by atoms with van der Waals surface area (Å²) in [7, 11) is 0. The van der Waals surface area contributed by atoms with Crippen LogP contribution in [0.25, 0.3) is 17.4 Å². The maximum atomic E-state index is 13.0. The monoisotopic (exact) mass is 466 g/mol. The molecule has 2 aromatic carbocycles. The number of amides is 1. The first-order valence-corrected chi connectivity index (χ1v) is 10.4. The number of furan rings is 1. The average molecular weight is 466 g/mol. The standard InChI is InChI=1S/C22H14N2O6S2/c1-12-2-3-14(21(26)27)10-17(12)23-20(25)19(32-22(23)31)11-16-8-9-18(30-16)13-4-6-15(7-5-13)24(28)29/h2-11H,1H3,(H,26,27)/b19-11-. The molecule has 0 radical (unpaired) electrons. The number of hydrogen-bond donors (Lipinski definition) is 1. The van der Waals surface area contributed by atoms with Gasteiger partial charge in [0.15, 0.2) is 4.32 Å². The molecule has 0 bridgehead atoms. The van der Waals surface area contributed by atoms with Crippen LogP contribution in [0.3, 0.4) is 0 Å². The van der Waals surface area contributed by atoms with E-state index >= 15 is 0 Å². The normalized spacial score (nSPS) is 14.9. The van der Waals surface area contributed by atoms with Gasteiger partial charge in [0.1, 0.15) is 11.5 Å². The molecule has 0 spiro atoms. The van der Waals surface area contributed by atoms with Gasteiger partial charge in [-0.05, 0) is 48.9 Å². The number of thiocarbonyl (C=S) groups is 1. The van der Waals surface area contributed by atoms with E-state index in [0.717, 1.165) is 11.8 Å². The third-order valence-corrected chi connectivity index (χ3v) is 6.06. The van der Waals surface area contributed by atoms with Gasteiger partial charge in [-0.15, -0.1) is 0 Å². The number of hydrogen-bond acceptors (Lipinski definition) is 7. The topological polar surface area (TPSA) is 114 Å². The summed E-state index contributed by atoms with van der Waals surface area (Å²) in [6.07, 6.45) is 1.56. The Morgan fingerprint density at radius 2 is 1.91 bits per heavy atom. The highest BCUT2D eigenvalue weighted by atomic mass is 32.2. The number of nitrogens with zero attached hydrogens (tertiary/aromatic N) is 2. The predicted molar refractivity (Wildman–Crippen MR) is 125 cm³/mol. The van der Waals surface area contributed by atoms with Crippen LogP contribution in [-0.2, 0) is 4.79 Å². The summed E-state index contributed by atoms with van der Waals surface area (Å²) in [5.74, 6) is -0.568. The van der Waals surface area contributed by atoms with Crippen LogP contribution in [0.1, 0.15) is 21.7 Å². The van der Waals surface area contributed by atoms with Crippen molar-refractivity contribution in [3.63, 3.8) is 0 Å². The van der Waals surface area contributed by atoms with E-state index in [9.17, 15) is 24.8 Å². The lowest BCUT2D eigenvalue weighted by Crippen LogP contribution is -2.28. The molecule has 3 aromatic rings. The number of nitro groups is 1. The van der Waals surface area contributed by atoms with Gasteiger partial charge in [-0.1, -0.05) is 30.0 Å². The van der Waals surface area contributed by atoms with Gasteiger partial charge in [0.2, 0.25) is 0 Å². The fourth-order valence-corrected chi connectivity index (χ4v) is 4.39. The van der Waals surface area contributed by atoms with E-state index in [0.29, 0.717) is 33.2 Å². The van der Waals surface area contributed by atoms with Crippen LogP contribution >= 0.6 is 24.0 Å². The van der Waals surface area contributed by atoms with Crippen molar-refractivity contribution in [3.8, 4) is 11.3 Å². The van der Waals surface area contributed by atoms with Crippen LogP contribution in [0.15, 0.2) is 63.9 Å². The number of carboxylic acid groups (broad SMARTS) is 1. The molecule has 1 aromatic heterocycles. The SMILES string of the molecule is Cc1ccc(C(=O)O)cc1N1C(=O)/C(=C/c2ccc(-c3ccc([N+](=O)[O-])cc3)o2)SC1=S. The molecule has 1 aliphatic heterocycles. The summed E-state index contributed by atoms with van der Waals surface area (Å²) >= 11 is 6.46. The van der Waals surface area contributed by atoms with E-state index in [1.165, 1.54) is 29.2 Å². The molecule has 1 amide bonds. The lowest BCUT2D eigenvalue weighted by molar-refractivity contribution is -0.384. The van der Waals surface area contributed by atoms with Crippen molar-refractivity contribution in [2.24, 2.45) is 0 Å². The fraction of sp³-hybridized carbons (Fsp3) is 0.0455. The third kappa shape index (κ3) is 4.05. The summed E-state index contributed by atoms with van der Waals surface area (Å²) in [4.78, 5) is 36.3. The summed E-state index contributed by atoms with van der Waals surface area (Å²) in [5, 5.41) is 20.1. The molecular formula is C22H14N2O6S2. The Balaban J connectivity index is 1.61. The quantitative estimate of drug-likeness (QED) is 0.234. The maximum Gasteiger partial charge on any atom is 0.335 e. The molecule has 10 heteroatoms. The minimum absolute atomic E-state index is 0.0218. The molecule has 1 N–H and O–H groups in total. The summed E-state index contributed by atoms with van der Waals surface area (Å²) in [5.41, 5.74) is 1.82. The first-order valence-electron chi connectivity index (χ1n) is 9.21. The van der Waals surface area contributed by atoms with Gasteiger partial charge in [-0.25, -0.2) is 4.79 Å². The molecule has 32 heavy (non-hydrogen) atoms. The number of thioether (sulfide) groups is 1. The zero-order valence-electron chi connectivity index (χ0n) is 16.5. The van der Waals surface area contributed by atoms with E-state index in [1.807, 2.05) is 0 Å². The number of non-ortho nitro benzene ring substituents is 1. The molecular weight excluding hydrogens is 452 g/mol. The minimum atomic E-state index is -1.10. The minimum Gasteiger partial charge on any atom is -0.478 e. The van der Waals surface area contributed by atoms with Crippen molar-refractivity contribution >= 4 is 57.6 Å². The fourth-order valence-electron chi connectivity index (χ4n) is 3.12. The van der Waals surface area contributed by atoms with Crippen LogP contribution in [0.5, 0.6) is 0 Å². The Labute approximate surface area is 191 Å². The highest BCUT2D eigenvalue weighted by Gasteiger charge is 2.34. The summed E-state index contributed by atoms with van der Waals surface area (Å²) in [6.45, 7) is 1.77. The average Bonchev–Trinajstić information content (AvgIpc) is 3.33. The van der Waals surface area contributed by atoms with Crippen LogP contribution in [-0.4, -0.2) is 26.2 Å². The van der Waals surface area contributed by atoms with Gasteiger partial charge in [0.25, 0.3) is 11.6 Å². The number of rotatable bonds is 5. The van der Waals surface area contributed by atoms with Gasteiger partial charge in [-0.3, -0.25) is 19.8 Å². The number of anilines is 1. The van der Waals surface area contributed by atoms with Gasteiger partial charge in [0.05, 0.1) is 21.1 Å². The van der Waals surface area contributed by atoms with E-state index in [2.05, 4.69) is 0 Å². The number of benzene rings is 2. The predicted octanol–water partition coefficient (Wildman–Crippen LogP) is 5.27. The smallest absolute Gasteiger partial charge is 0.335 e. The molecule has 1 saturated heterocycles. The van der Waals surface area contributed by atoms with E-state index in [1.54, 1.807) is 43.3 Å². The van der Waals surface area contributed by atoms with Gasteiger partial charge in [-0.2, -0.15) is 0 Å². The molecule has 1 fully saturated rings. The van der Waals surface area contributed by atoms with Crippen molar-refractivity contribution in [2.45, 2.75) is 6.92 Å². The molecule has 1 aliphatic rings. The van der Waals surface area contributed by atoms with Gasteiger partial charge < -0.3 is 9.52 Å². The highest BCUT2D eigenvalue weighted by molar-refractivity contribution is 8.27. The van der Waals surface area contributed by atoms with Gasteiger partial charge >= 0.3 is 5.97 Å². The molecule has 0 aliphatic carbocycles. The lowest BCUT2D eigenvalue weighted by Gasteiger charge is -2.17. The molecule has 160 valence electrons. The number of aryl methyl sites for hydroxylation is 1. The number of nitro benzene ring substituents is 1. The van der Waals surface area contributed by atoms with Crippen molar-refractivity contribution in [1.82, 2.24) is 0 Å². The Morgan fingerprint density at radius 1 is 1.19 bits per heavy atom. The first kappa shape index (κ1) is 21.5.